The molecule has 0 N–H and O–H groups in total. The lowest BCUT2D eigenvalue weighted by atomic mass is 9.88. The van der Waals surface area contributed by atoms with Crippen LogP contribution in [-0.4, -0.2) is 20.4 Å². The van der Waals surface area contributed by atoms with E-state index >= 15 is 0 Å². The zero-order valence-electron chi connectivity index (χ0n) is 17.0. The SMILES string of the molecule is c1ccc(-c2nc3nnnc4c5cccc6cccc(c(c2-c2ccccc2)c34)c65)cc1. The van der Waals surface area contributed by atoms with Gasteiger partial charge in [0.15, 0.2) is 5.65 Å². The van der Waals surface area contributed by atoms with Crippen LogP contribution in [0.5, 0.6) is 0 Å². The van der Waals surface area contributed by atoms with Gasteiger partial charge in [-0.15, -0.1) is 10.2 Å². The van der Waals surface area contributed by atoms with Gasteiger partial charge in [0.1, 0.15) is 5.52 Å². The van der Waals surface area contributed by atoms with E-state index in [4.69, 9.17) is 4.98 Å². The molecule has 0 amide bonds. The molecule has 32 heavy (non-hydrogen) atoms. The first-order chi connectivity index (χ1) is 15.9. The number of nitrogens with zero attached hydrogens (tertiary/aromatic N) is 4. The molecule has 0 bridgehead atoms. The number of benzene rings is 5. The Morgan fingerprint density at radius 3 is 1.94 bits per heavy atom. The predicted molar refractivity (Wildman–Crippen MR) is 130 cm³/mol. The molecule has 2 heterocycles. The van der Waals surface area contributed by atoms with Crippen molar-refractivity contribution in [2.75, 3.05) is 0 Å². The Morgan fingerprint density at radius 2 is 1.19 bits per heavy atom. The molecule has 0 radical (unpaired) electrons. The van der Waals surface area contributed by atoms with Crippen molar-refractivity contribution in [3.63, 3.8) is 0 Å². The van der Waals surface area contributed by atoms with Crippen LogP contribution in [0.25, 0.3) is 65.9 Å². The molecule has 0 saturated carbocycles. The molecule has 0 unspecified atom stereocenters. The molecule has 0 aliphatic carbocycles. The lowest BCUT2D eigenvalue weighted by molar-refractivity contribution is 0.909. The van der Waals surface area contributed by atoms with Gasteiger partial charge in [-0.2, -0.15) is 0 Å². The van der Waals surface area contributed by atoms with Gasteiger partial charge in [-0.25, -0.2) is 4.98 Å². The van der Waals surface area contributed by atoms with Crippen LogP contribution in [0.1, 0.15) is 0 Å². The van der Waals surface area contributed by atoms with Gasteiger partial charge in [0.05, 0.1) is 11.1 Å². The molecule has 0 fully saturated rings. The molecule has 0 atom stereocenters. The Hall–Kier alpha value is -4.44. The van der Waals surface area contributed by atoms with Crippen LogP contribution in [0.15, 0.2) is 97.1 Å². The van der Waals surface area contributed by atoms with Gasteiger partial charge in [0.25, 0.3) is 0 Å². The lowest BCUT2D eigenvalue weighted by Gasteiger charge is -2.18. The van der Waals surface area contributed by atoms with Crippen LogP contribution in [-0.2, 0) is 0 Å². The molecular formula is C28H16N4. The maximum atomic E-state index is 5.05. The number of fused-ring (bicyclic) bond motifs is 2. The van der Waals surface area contributed by atoms with Crippen molar-refractivity contribution in [2.45, 2.75) is 0 Å². The highest BCUT2D eigenvalue weighted by molar-refractivity contribution is 6.34. The average Bonchev–Trinajstić information content (AvgIpc) is 2.87. The summed E-state index contributed by atoms with van der Waals surface area (Å²) in [4.78, 5) is 5.05. The summed E-state index contributed by atoms with van der Waals surface area (Å²) in [7, 11) is 0. The third kappa shape index (κ3) is 2.32. The summed E-state index contributed by atoms with van der Waals surface area (Å²) >= 11 is 0. The van der Waals surface area contributed by atoms with Crippen LogP contribution < -0.4 is 0 Å². The van der Waals surface area contributed by atoms with Crippen molar-refractivity contribution < 1.29 is 0 Å². The first-order valence-electron chi connectivity index (χ1n) is 10.6. The summed E-state index contributed by atoms with van der Waals surface area (Å²) in [6, 6.07) is 33.6. The second-order valence-electron chi connectivity index (χ2n) is 7.99. The molecular weight excluding hydrogens is 392 g/mol. The van der Waals surface area contributed by atoms with Gasteiger partial charge in [-0.1, -0.05) is 97.1 Å². The monoisotopic (exact) mass is 408 g/mol. The molecule has 148 valence electrons. The summed E-state index contributed by atoms with van der Waals surface area (Å²) < 4.78 is 0. The van der Waals surface area contributed by atoms with Gasteiger partial charge < -0.3 is 0 Å². The predicted octanol–water partition coefficient (Wildman–Crippen LogP) is 6.65. The Bertz CT molecular complexity index is 1750. The minimum atomic E-state index is 0.620. The molecule has 5 aromatic carbocycles. The van der Waals surface area contributed by atoms with Crippen molar-refractivity contribution in [1.82, 2.24) is 20.4 Å². The lowest BCUT2D eigenvalue weighted by Crippen LogP contribution is -2.00. The fourth-order valence-electron chi connectivity index (χ4n) is 4.92. The molecule has 0 aliphatic heterocycles. The Kier molecular flexibility index (Phi) is 3.52. The second-order valence-corrected chi connectivity index (χ2v) is 7.99. The number of rotatable bonds is 2. The summed E-state index contributed by atoms with van der Waals surface area (Å²) in [5.74, 6) is 0. The van der Waals surface area contributed by atoms with Crippen LogP contribution in [0.4, 0.5) is 0 Å². The number of hydrogen-bond acceptors (Lipinski definition) is 4. The topological polar surface area (TPSA) is 51.6 Å². The van der Waals surface area contributed by atoms with Crippen molar-refractivity contribution >= 4 is 43.5 Å². The maximum Gasteiger partial charge on any atom is 0.187 e. The molecule has 4 heteroatoms. The van der Waals surface area contributed by atoms with Crippen molar-refractivity contribution in [1.29, 1.82) is 0 Å². The largest absolute Gasteiger partial charge is 0.226 e. The van der Waals surface area contributed by atoms with Gasteiger partial charge >= 0.3 is 0 Å². The fraction of sp³-hybridized carbons (Fsp3) is 0. The van der Waals surface area contributed by atoms with E-state index in [1.54, 1.807) is 0 Å². The second kappa shape index (κ2) is 6.53. The minimum Gasteiger partial charge on any atom is -0.226 e. The maximum absolute atomic E-state index is 5.05. The van der Waals surface area contributed by atoms with Gasteiger partial charge in [0.2, 0.25) is 0 Å². The van der Waals surface area contributed by atoms with E-state index in [-0.39, 0.29) is 0 Å². The zero-order valence-corrected chi connectivity index (χ0v) is 17.0. The molecule has 4 nitrogen and oxygen atoms in total. The molecule has 7 aromatic rings. The number of pyridine rings is 1. The van der Waals surface area contributed by atoms with E-state index in [0.717, 1.165) is 44.1 Å². The summed E-state index contributed by atoms with van der Waals surface area (Å²) in [5.41, 5.74) is 5.64. The van der Waals surface area contributed by atoms with E-state index < -0.39 is 0 Å². The van der Waals surface area contributed by atoms with Crippen LogP contribution in [0.3, 0.4) is 0 Å². The highest BCUT2D eigenvalue weighted by Crippen LogP contribution is 2.45. The number of aromatic nitrogens is 4. The summed E-state index contributed by atoms with van der Waals surface area (Å²) in [6.45, 7) is 0. The van der Waals surface area contributed by atoms with Gasteiger partial charge in [-0.3, -0.25) is 0 Å². The first-order valence-corrected chi connectivity index (χ1v) is 10.6. The zero-order chi connectivity index (χ0) is 21.1. The normalized spacial score (nSPS) is 11.8. The molecule has 0 spiro atoms. The van der Waals surface area contributed by atoms with Crippen LogP contribution in [0.2, 0.25) is 0 Å². The number of hydrogen-bond donors (Lipinski definition) is 0. The third-order valence-corrected chi connectivity index (χ3v) is 6.24. The van der Waals surface area contributed by atoms with Crippen molar-refractivity contribution in [3.8, 4) is 22.4 Å². The standard InChI is InChI=1S/C28H16N4/c1-3-9-18(10-4-1)23-24-20-15-7-13-17-14-8-16-21(22(17)20)27-25(24)28(31-32-30-27)29-26(23)19-11-5-2-6-12-19/h1-16H. The minimum absolute atomic E-state index is 0.620. The molecule has 0 aliphatic rings. The Morgan fingerprint density at radius 1 is 0.500 bits per heavy atom. The molecule has 7 rings (SSSR count). The molecule has 0 saturated heterocycles. The van der Waals surface area contributed by atoms with Crippen molar-refractivity contribution in [3.05, 3.63) is 97.1 Å². The van der Waals surface area contributed by atoms with Crippen LogP contribution >= 0.6 is 0 Å². The highest BCUT2D eigenvalue weighted by atomic mass is 15.3. The smallest absolute Gasteiger partial charge is 0.187 e. The quantitative estimate of drug-likeness (QED) is 0.237. The summed E-state index contributed by atoms with van der Waals surface area (Å²) in [5, 5.41) is 19.7. The fourth-order valence-corrected chi connectivity index (χ4v) is 4.92. The van der Waals surface area contributed by atoms with E-state index in [1.165, 1.54) is 16.2 Å². The highest BCUT2D eigenvalue weighted by Gasteiger charge is 2.22. The average molecular weight is 408 g/mol. The third-order valence-electron chi connectivity index (χ3n) is 6.24. The first kappa shape index (κ1) is 17.3. The Balaban J connectivity index is 1.83. The Labute approximate surface area is 183 Å². The van der Waals surface area contributed by atoms with E-state index in [2.05, 4.69) is 88.2 Å². The van der Waals surface area contributed by atoms with Crippen molar-refractivity contribution in [2.24, 2.45) is 0 Å². The molecule has 2 aromatic heterocycles. The van der Waals surface area contributed by atoms with E-state index in [0.29, 0.717) is 5.65 Å². The van der Waals surface area contributed by atoms with Gasteiger partial charge in [0, 0.05) is 21.9 Å². The summed E-state index contributed by atoms with van der Waals surface area (Å²) in [6.07, 6.45) is 0. The van der Waals surface area contributed by atoms with Crippen LogP contribution in [0, 0.1) is 0 Å². The van der Waals surface area contributed by atoms with Gasteiger partial charge in [-0.05, 0) is 26.9 Å². The van der Waals surface area contributed by atoms with E-state index in [1.807, 2.05) is 24.3 Å². The van der Waals surface area contributed by atoms with E-state index in [9.17, 15) is 0 Å².